The minimum Gasteiger partial charge on any atom is -0.503 e. The third-order valence-electron chi connectivity index (χ3n) is 3.72. The highest BCUT2D eigenvalue weighted by Gasteiger charge is 2.29. The van der Waals surface area contributed by atoms with E-state index in [2.05, 4.69) is 10.6 Å². The van der Waals surface area contributed by atoms with Gasteiger partial charge in [-0.15, -0.1) is 0 Å². The Bertz CT molecular complexity index is 1010. The maximum absolute atomic E-state index is 13.1. The number of carbonyl (C=O) groups excluding carboxylic acids is 3. The first-order valence-corrected chi connectivity index (χ1v) is 12.0. The number of rotatable bonds is 6. The largest absolute Gasteiger partial charge is 0.503 e. The molecule has 3 N–H and O–H groups in total. The highest BCUT2D eigenvalue weighted by Crippen LogP contribution is 2.36. The average molecular weight is 788 g/mol. The minimum atomic E-state index is -1.05. The number of anilines is 1. The van der Waals surface area contributed by atoms with Gasteiger partial charge < -0.3 is 30.0 Å². The number of carbonyl (C=O) groups is 3. The molecule has 2 amide bonds. The van der Waals surface area contributed by atoms with E-state index in [1.54, 1.807) is 13.8 Å². The molecule has 0 atom stereocenters. The van der Waals surface area contributed by atoms with Crippen molar-refractivity contribution in [1.82, 2.24) is 5.32 Å². The normalized spacial score (nSPS) is 14.9. The first-order valence-electron chi connectivity index (χ1n) is 8.35. The minimum absolute atomic E-state index is 0.0514. The maximum Gasteiger partial charge on any atom is 0.258 e. The SMILES string of the molecule is COCC(=O)Nc1c(I)c(C(=O)Cl)c(I)c(C(=O)NC2=COC(C)(C)OC=C2O)c1I. The van der Waals surface area contributed by atoms with E-state index in [4.69, 9.17) is 25.8 Å². The molecular formula is C18H16ClI3N2O7. The van der Waals surface area contributed by atoms with E-state index in [1.165, 1.54) is 7.11 Å². The van der Waals surface area contributed by atoms with Crippen molar-refractivity contribution in [2.45, 2.75) is 19.6 Å². The second-order valence-electron chi connectivity index (χ2n) is 6.45. The Balaban J connectivity index is 2.55. The van der Waals surface area contributed by atoms with Crippen molar-refractivity contribution in [3.8, 4) is 0 Å². The summed E-state index contributed by atoms with van der Waals surface area (Å²) in [5.41, 5.74) is 0.338. The third-order valence-corrected chi connectivity index (χ3v) is 7.14. The van der Waals surface area contributed by atoms with Crippen LogP contribution in [0.4, 0.5) is 5.69 Å². The van der Waals surface area contributed by atoms with E-state index in [0.717, 1.165) is 12.5 Å². The number of hydrogen-bond donors (Lipinski definition) is 3. The molecule has 2 rings (SSSR count). The fraction of sp³-hybridized carbons (Fsp3) is 0.278. The van der Waals surface area contributed by atoms with E-state index in [0.29, 0.717) is 7.14 Å². The fourth-order valence-corrected chi connectivity index (χ4v) is 7.20. The van der Waals surface area contributed by atoms with Crippen LogP contribution in [0.5, 0.6) is 0 Å². The molecule has 0 bridgehead atoms. The van der Waals surface area contributed by atoms with E-state index >= 15 is 0 Å². The lowest BCUT2D eigenvalue weighted by Crippen LogP contribution is -2.28. The molecule has 1 heterocycles. The van der Waals surface area contributed by atoms with Gasteiger partial charge in [0.1, 0.15) is 24.8 Å². The molecule has 9 nitrogen and oxygen atoms in total. The van der Waals surface area contributed by atoms with Gasteiger partial charge in [0.25, 0.3) is 11.1 Å². The zero-order valence-corrected chi connectivity index (χ0v) is 23.5. The van der Waals surface area contributed by atoms with Crippen molar-refractivity contribution < 1.29 is 33.7 Å². The summed E-state index contributed by atoms with van der Waals surface area (Å²) < 4.78 is 16.5. The van der Waals surface area contributed by atoms with Gasteiger partial charge in [-0.25, -0.2) is 0 Å². The molecule has 0 fully saturated rings. The van der Waals surface area contributed by atoms with Crippen LogP contribution in [0.2, 0.25) is 0 Å². The molecule has 13 heteroatoms. The summed E-state index contributed by atoms with van der Waals surface area (Å²) in [6, 6.07) is 0. The zero-order chi connectivity index (χ0) is 23.5. The highest BCUT2D eigenvalue weighted by atomic mass is 127. The molecule has 0 spiro atoms. The lowest BCUT2D eigenvalue weighted by molar-refractivity contribution is -0.142. The Kier molecular flexibility index (Phi) is 9.24. The van der Waals surface area contributed by atoms with Crippen molar-refractivity contribution >= 4 is 102 Å². The van der Waals surface area contributed by atoms with Crippen LogP contribution in [0.3, 0.4) is 0 Å². The second-order valence-corrected chi connectivity index (χ2v) is 10.0. The van der Waals surface area contributed by atoms with Gasteiger partial charge in [-0.2, -0.15) is 0 Å². The Morgan fingerprint density at radius 3 is 2.23 bits per heavy atom. The number of amides is 2. The van der Waals surface area contributed by atoms with Crippen LogP contribution in [-0.4, -0.2) is 41.7 Å². The van der Waals surface area contributed by atoms with Crippen LogP contribution in [0, 0.1) is 10.7 Å². The van der Waals surface area contributed by atoms with Gasteiger partial charge >= 0.3 is 0 Å². The Hall–Kier alpha value is -0.850. The standard InChI is InChI=1S/C18H16ClI3N2O7/c1-18(2)30-4-7(8(25)5-31-18)23-17(28)11-12(20)10(16(19)27)13(21)15(14(11)22)24-9(26)6-29-3/h4-5,25H,6H2,1-3H3,(H,23,28)(H,24,26). The molecule has 1 aromatic carbocycles. The Morgan fingerprint density at radius 1 is 1.06 bits per heavy atom. The lowest BCUT2D eigenvalue weighted by Gasteiger charge is -2.21. The monoisotopic (exact) mass is 788 g/mol. The number of halogens is 4. The van der Waals surface area contributed by atoms with Gasteiger partial charge in [-0.3, -0.25) is 14.4 Å². The molecule has 0 saturated carbocycles. The third kappa shape index (κ3) is 6.35. The summed E-state index contributed by atoms with van der Waals surface area (Å²) in [7, 11) is 1.36. The second kappa shape index (κ2) is 10.8. The van der Waals surface area contributed by atoms with Crippen molar-refractivity contribution in [1.29, 1.82) is 0 Å². The fourth-order valence-electron chi connectivity index (χ4n) is 2.28. The van der Waals surface area contributed by atoms with Gasteiger partial charge in [0.2, 0.25) is 11.7 Å². The summed E-state index contributed by atoms with van der Waals surface area (Å²) in [6.07, 6.45) is 2.20. The summed E-state index contributed by atoms with van der Waals surface area (Å²) in [5.74, 6) is -2.56. The van der Waals surface area contributed by atoms with Crippen LogP contribution in [-0.2, 0) is 19.0 Å². The molecule has 0 unspecified atom stereocenters. The van der Waals surface area contributed by atoms with Crippen molar-refractivity contribution in [3.63, 3.8) is 0 Å². The average Bonchev–Trinajstić information content (AvgIpc) is 2.78. The number of nitrogens with one attached hydrogen (secondary N) is 2. The van der Waals surface area contributed by atoms with E-state index < -0.39 is 22.8 Å². The molecule has 0 aromatic heterocycles. The smallest absolute Gasteiger partial charge is 0.258 e. The Morgan fingerprint density at radius 2 is 1.65 bits per heavy atom. The van der Waals surface area contributed by atoms with Crippen LogP contribution in [0.1, 0.15) is 34.6 Å². The number of methoxy groups -OCH3 is 1. The van der Waals surface area contributed by atoms with Crippen molar-refractivity contribution in [3.05, 3.63) is 45.8 Å². The van der Waals surface area contributed by atoms with Crippen molar-refractivity contribution in [2.75, 3.05) is 19.0 Å². The number of ether oxygens (including phenoxy) is 3. The molecule has 0 saturated heterocycles. The first kappa shape index (κ1) is 26.4. The number of hydrogen-bond acceptors (Lipinski definition) is 7. The summed E-state index contributed by atoms with van der Waals surface area (Å²) in [5, 5.41) is 14.5. The molecule has 1 aromatic rings. The summed E-state index contributed by atoms with van der Waals surface area (Å²) in [4.78, 5) is 37.3. The molecule has 31 heavy (non-hydrogen) atoms. The van der Waals surface area contributed by atoms with Crippen molar-refractivity contribution in [2.24, 2.45) is 0 Å². The van der Waals surface area contributed by atoms with Gasteiger partial charge in [0.05, 0.1) is 24.0 Å². The Labute approximate surface area is 223 Å². The summed E-state index contributed by atoms with van der Waals surface area (Å²) >= 11 is 11.4. The van der Waals surface area contributed by atoms with Gasteiger partial charge in [-0.1, -0.05) is 0 Å². The predicted molar refractivity (Wildman–Crippen MR) is 138 cm³/mol. The van der Waals surface area contributed by atoms with Crippen LogP contribution in [0.15, 0.2) is 24.0 Å². The van der Waals surface area contributed by atoms with Crippen LogP contribution >= 0.6 is 79.4 Å². The highest BCUT2D eigenvalue weighted by molar-refractivity contribution is 14.1. The van der Waals surface area contributed by atoms with E-state index in [9.17, 15) is 19.5 Å². The molecule has 0 aliphatic carbocycles. The maximum atomic E-state index is 13.1. The molecule has 1 aliphatic heterocycles. The molecule has 0 radical (unpaired) electrons. The molecular weight excluding hydrogens is 772 g/mol. The van der Waals surface area contributed by atoms with Crippen LogP contribution in [0.25, 0.3) is 0 Å². The number of aliphatic hydroxyl groups excluding tert-OH is 1. The molecule has 1 aliphatic rings. The first-order chi connectivity index (χ1) is 14.4. The van der Waals surface area contributed by atoms with E-state index in [1.807, 2.05) is 67.8 Å². The topological polar surface area (TPSA) is 123 Å². The zero-order valence-electron chi connectivity index (χ0n) is 16.3. The van der Waals surface area contributed by atoms with Gasteiger partial charge in [-0.05, 0) is 79.4 Å². The van der Waals surface area contributed by atoms with Crippen LogP contribution < -0.4 is 10.6 Å². The lowest BCUT2D eigenvalue weighted by atomic mass is 10.1. The number of aliphatic hydroxyl groups is 1. The van der Waals surface area contributed by atoms with Gasteiger partial charge in [0.15, 0.2) is 5.76 Å². The predicted octanol–water partition coefficient (Wildman–Crippen LogP) is 4.22. The van der Waals surface area contributed by atoms with E-state index in [-0.39, 0.29) is 38.4 Å². The van der Waals surface area contributed by atoms with Gasteiger partial charge in [0, 0.05) is 24.5 Å². The quantitative estimate of drug-likeness (QED) is 0.292. The molecule has 168 valence electrons. The summed E-state index contributed by atoms with van der Waals surface area (Å²) in [6.45, 7) is 3.02. The number of benzene rings is 1.